The van der Waals surface area contributed by atoms with Crippen molar-refractivity contribution >= 4 is 5.82 Å². The summed E-state index contributed by atoms with van der Waals surface area (Å²) in [6, 6.07) is 2.11. The van der Waals surface area contributed by atoms with E-state index < -0.39 is 0 Å². The van der Waals surface area contributed by atoms with Crippen LogP contribution in [0.25, 0.3) is 0 Å². The molecule has 0 bridgehead atoms. The van der Waals surface area contributed by atoms with Gasteiger partial charge in [0.15, 0.2) is 0 Å². The first-order chi connectivity index (χ1) is 8.72. The summed E-state index contributed by atoms with van der Waals surface area (Å²) in [5.41, 5.74) is 1.11. The standard InChI is InChI=1S/C14H23N3O/c1-3-13-9-14(16-11(2)15-13)17-7-4-5-12(10-17)6-8-18/h9,12,18H,3-8,10H2,1-2H3. The molecule has 1 aromatic rings. The summed E-state index contributed by atoms with van der Waals surface area (Å²) in [5, 5.41) is 9.06. The molecule has 0 radical (unpaired) electrons. The fraction of sp³-hybridized carbons (Fsp3) is 0.714. The fourth-order valence-corrected chi connectivity index (χ4v) is 2.65. The van der Waals surface area contributed by atoms with Gasteiger partial charge in [-0.3, -0.25) is 0 Å². The first kappa shape index (κ1) is 13.3. The van der Waals surface area contributed by atoms with Crippen molar-refractivity contribution in [2.75, 3.05) is 24.6 Å². The van der Waals surface area contributed by atoms with Crippen LogP contribution < -0.4 is 4.90 Å². The summed E-state index contributed by atoms with van der Waals surface area (Å²) in [6.07, 6.45) is 4.27. The maximum absolute atomic E-state index is 9.06. The van der Waals surface area contributed by atoms with E-state index in [-0.39, 0.29) is 0 Å². The van der Waals surface area contributed by atoms with Crippen LogP contribution in [0.1, 0.15) is 37.7 Å². The topological polar surface area (TPSA) is 49.2 Å². The molecular formula is C14H23N3O. The summed E-state index contributed by atoms with van der Waals surface area (Å²) < 4.78 is 0. The van der Waals surface area contributed by atoms with Gasteiger partial charge in [-0.05, 0) is 38.5 Å². The Morgan fingerprint density at radius 3 is 3.00 bits per heavy atom. The maximum Gasteiger partial charge on any atom is 0.132 e. The lowest BCUT2D eigenvalue weighted by Crippen LogP contribution is -2.36. The van der Waals surface area contributed by atoms with Gasteiger partial charge in [-0.15, -0.1) is 0 Å². The Hall–Kier alpha value is -1.16. The fourth-order valence-electron chi connectivity index (χ4n) is 2.65. The molecule has 0 aromatic carbocycles. The lowest BCUT2D eigenvalue weighted by Gasteiger charge is -2.33. The smallest absolute Gasteiger partial charge is 0.132 e. The average Bonchev–Trinajstić information content (AvgIpc) is 2.39. The highest BCUT2D eigenvalue weighted by atomic mass is 16.3. The van der Waals surface area contributed by atoms with Crippen LogP contribution in [0.3, 0.4) is 0 Å². The van der Waals surface area contributed by atoms with Crippen molar-refractivity contribution < 1.29 is 5.11 Å². The zero-order valence-corrected chi connectivity index (χ0v) is 11.4. The maximum atomic E-state index is 9.06. The van der Waals surface area contributed by atoms with E-state index in [0.29, 0.717) is 12.5 Å². The van der Waals surface area contributed by atoms with E-state index in [4.69, 9.17) is 5.11 Å². The average molecular weight is 249 g/mol. The number of nitrogens with zero attached hydrogens (tertiary/aromatic N) is 3. The van der Waals surface area contributed by atoms with Crippen LogP contribution in [0.5, 0.6) is 0 Å². The molecule has 0 spiro atoms. The number of hydrogen-bond acceptors (Lipinski definition) is 4. The van der Waals surface area contributed by atoms with Crippen LogP contribution in [0.4, 0.5) is 5.82 Å². The third kappa shape index (κ3) is 3.19. The molecule has 0 saturated carbocycles. The van der Waals surface area contributed by atoms with E-state index in [1.165, 1.54) is 12.8 Å². The molecule has 1 aliphatic rings. The summed E-state index contributed by atoms with van der Waals surface area (Å²) in [5.74, 6) is 2.51. The Morgan fingerprint density at radius 2 is 2.28 bits per heavy atom. The van der Waals surface area contributed by atoms with Gasteiger partial charge >= 0.3 is 0 Å². The van der Waals surface area contributed by atoms with Crippen LogP contribution in [0.15, 0.2) is 6.07 Å². The number of aliphatic hydroxyl groups is 1. The van der Waals surface area contributed by atoms with E-state index >= 15 is 0 Å². The predicted octanol–water partition coefficient (Wildman–Crippen LogP) is 1.95. The Balaban J connectivity index is 2.12. The van der Waals surface area contributed by atoms with Gasteiger partial charge in [0.25, 0.3) is 0 Å². The third-order valence-corrected chi connectivity index (χ3v) is 3.62. The van der Waals surface area contributed by atoms with Crippen molar-refractivity contribution in [3.05, 3.63) is 17.6 Å². The number of aliphatic hydroxyl groups excluding tert-OH is 1. The lowest BCUT2D eigenvalue weighted by atomic mass is 9.95. The minimum absolute atomic E-state index is 0.293. The van der Waals surface area contributed by atoms with Crippen LogP contribution >= 0.6 is 0 Å². The van der Waals surface area contributed by atoms with E-state index in [1.807, 2.05) is 6.92 Å². The van der Waals surface area contributed by atoms with Gasteiger partial charge in [0, 0.05) is 31.5 Å². The Bertz CT molecular complexity index is 393. The second-order valence-electron chi connectivity index (χ2n) is 5.08. The summed E-state index contributed by atoms with van der Waals surface area (Å²) >= 11 is 0. The highest BCUT2D eigenvalue weighted by molar-refractivity contribution is 5.40. The first-order valence-electron chi connectivity index (χ1n) is 6.93. The number of piperidine rings is 1. The molecule has 0 aliphatic carbocycles. The molecule has 0 amide bonds. The minimum Gasteiger partial charge on any atom is -0.396 e. The van der Waals surface area contributed by atoms with Gasteiger partial charge < -0.3 is 10.0 Å². The van der Waals surface area contributed by atoms with Crippen molar-refractivity contribution in [1.82, 2.24) is 9.97 Å². The van der Waals surface area contributed by atoms with Crippen molar-refractivity contribution in [2.24, 2.45) is 5.92 Å². The number of rotatable bonds is 4. The van der Waals surface area contributed by atoms with Crippen molar-refractivity contribution in [2.45, 2.75) is 39.5 Å². The van der Waals surface area contributed by atoms with Crippen molar-refractivity contribution in [1.29, 1.82) is 0 Å². The quantitative estimate of drug-likeness (QED) is 0.886. The molecule has 4 nitrogen and oxygen atoms in total. The molecule has 1 unspecified atom stereocenters. The zero-order chi connectivity index (χ0) is 13.0. The molecular weight excluding hydrogens is 226 g/mol. The minimum atomic E-state index is 0.293. The van der Waals surface area contributed by atoms with E-state index in [0.717, 1.165) is 43.3 Å². The number of aromatic nitrogens is 2. The van der Waals surface area contributed by atoms with Gasteiger partial charge in [-0.2, -0.15) is 0 Å². The molecule has 1 aromatic heterocycles. The van der Waals surface area contributed by atoms with Crippen LogP contribution in [0, 0.1) is 12.8 Å². The molecule has 1 aliphatic heterocycles. The third-order valence-electron chi connectivity index (χ3n) is 3.62. The molecule has 1 atom stereocenters. The molecule has 1 saturated heterocycles. The molecule has 1 N–H and O–H groups in total. The van der Waals surface area contributed by atoms with Gasteiger partial charge in [0.2, 0.25) is 0 Å². The Labute approximate surface area is 109 Å². The highest BCUT2D eigenvalue weighted by Gasteiger charge is 2.21. The molecule has 2 rings (SSSR count). The van der Waals surface area contributed by atoms with Crippen LogP contribution in [-0.2, 0) is 6.42 Å². The Morgan fingerprint density at radius 1 is 1.44 bits per heavy atom. The molecule has 100 valence electrons. The van der Waals surface area contributed by atoms with E-state index in [1.54, 1.807) is 0 Å². The van der Waals surface area contributed by atoms with E-state index in [2.05, 4.69) is 27.9 Å². The van der Waals surface area contributed by atoms with E-state index in [9.17, 15) is 0 Å². The largest absolute Gasteiger partial charge is 0.396 e. The summed E-state index contributed by atoms with van der Waals surface area (Å²) in [6.45, 7) is 6.46. The highest BCUT2D eigenvalue weighted by Crippen LogP contribution is 2.24. The zero-order valence-electron chi connectivity index (χ0n) is 11.4. The van der Waals surface area contributed by atoms with Crippen LogP contribution in [-0.4, -0.2) is 34.8 Å². The molecule has 18 heavy (non-hydrogen) atoms. The van der Waals surface area contributed by atoms with Gasteiger partial charge in [0.1, 0.15) is 11.6 Å². The SMILES string of the molecule is CCc1cc(N2CCCC(CCO)C2)nc(C)n1. The normalized spacial score (nSPS) is 20.2. The predicted molar refractivity (Wildman–Crippen MR) is 72.8 cm³/mol. The second kappa shape index (κ2) is 6.14. The molecule has 2 heterocycles. The first-order valence-corrected chi connectivity index (χ1v) is 6.93. The van der Waals surface area contributed by atoms with Gasteiger partial charge in [-0.1, -0.05) is 6.92 Å². The number of hydrogen-bond donors (Lipinski definition) is 1. The number of aryl methyl sites for hydroxylation is 2. The Kier molecular flexibility index (Phi) is 4.53. The van der Waals surface area contributed by atoms with Gasteiger partial charge in [0.05, 0.1) is 0 Å². The second-order valence-corrected chi connectivity index (χ2v) is 5.08. The van der Waals surface area contributed by atoms with Crippen molar-refractivity contribution in [3.8, 4) is 0 Å². The summed E-state index contributed by atoms with van der Waals surface area (Å²) in [4.78, 5) is 11.3. The lowest BCUT2D eigenvalue weighted by molar-refractivity contribution is 0.244. The van der Waals surface area contributed by atoms with Crippen molar-refractivity contribution in [3.63, 3.8) is 0 Å². The molecule has 4 heteroatoms. The monoisotopic (exact) mass is 249 g/mol. The summed E-state index contributed by atoms with van der Waals surface area (Å²) in [7, 11) is 0. The van der Waals surface area contributed by atoms with Crippen LogP contribution in [0.2, 0.25) is 0 Å². The van der Waals surface area contributed by atoms with Gasteiger partial charge in [-0.25, -0.2) is 9.97 Å². The molecule has 1 fully saturated rings. The number of anilines is 1.